The van der Waals surface area contributed by atoms with Crippen LogP contribution >= 0.6 is 0 Å². The number of aromatic nitrogens is 1. The molecule has 0 radical (unpaired) electrons. The highest BCUT2D eigenvalue weighted by Crippen LogP contribution is 2.39. The third-order valence-electron chi connectivity index (χ3n) is 4.53. The molecule has 0 aliphatic carbocycles. The fourth-order valence-corrected chi connectivity index (χ4v) is 4.45. The van der Waals surface area contributed by atoms with Crippen LogP contribution in [0.3, 0.4) is 0 Å². The number of imide groups is 1. The van der Waals surface area contributed by atoms with Gasteiger partial charge in [0.05, 0.1) is 21.7 Å². The highest BCUT2D eigenvalue weighted by atomic mass is 32.2. The molecule has 0 saturated heterocycles. The van der Waals surface area contributed by atoms with Crippen LogP contribution in [0.4, 0.5) is 11.5 Å². The summed E-state index contributed by atoms with van der Waals surface area (Å²) >= 11 is 0. The quantitative estimate of drug-likeness (QED) is 0.297. The Hall–Kier alpha value is -3.39. The molecule has 13 heteroatoms. The number of nitrogens with zero attached hydrogens (tertiary/aromatic N) is 2. The zero-order valence-corrected chi connectivity index (χ0v) is 16.3. The van der Waals surface area contributed by atoms with Crippen molar-refractivity contribution in [2.45, 2.75) is 9.79 Å². The van der Waals surface area contributed by atoms with E-state index in [1.165, 1.54) is 24.4 Å². The summed E-state index contributed by atoms with van der Waals surface area (Å²) in [5.41, 5.74) is 4.57. The molecule has 4 N–H and O–H groups in total. The molecule has 2 heterocycles. The summed E-state index contributed by atoms with van der Waals surface area (Å²) in [6, 6.07) is 6.83. The van der Waals surface area contributed by atoms with E-state index in [0.29, 0.717) is 4.90 Å². The maximum Gasteiger partial charge on any atom is 0.296 e. The van der Waals surface area contributed by atoms with Crippen molar-refractivity contribution in [3.8, 4) is 0 Å². The zero-order chi connectivity index (χ0) is 22.0. The van der Waals surface area contributed by atoms with Gasteiger partial charge in [0.15, 0.2) is 0 Å². The smallest absolute Gasteiger partial charge is 0.296 e. The number of anilines is 2. The fraction of sp³-hybridized carbons (Fsp3) is 0. The first kappa shape index (κ1) is 19.9. The number of pyridine rings is 1. The fourth-order valence-electron chi connectivity index (χ4n) is 3.26. The van der Waals surface area contributed by atoms with Crippen LogP contribution in [0.2, 0.25) is 0 Å². The van der Waals surface area contributed by atoms with Gasteiger partial charge in [0, 0.05) is 17.0 Å². The molecule has 0 spiro atoms. The van der Waals surface area contributed by atoms with Gasteiger partial charge < -0.3 is 5.73 Å². The molecule has 2 aromatic carbocycles. The molecule has 0 saturated carbocycles. The molecule has 0 bridgehead atoms. The van der Waals surface area contributed by atoms with Gasteiger partial charge in [-0.3, -0.25) is 18.7 Å². The number of carbonyl (C=O) groups is 2. The number of carbonyl (C=O) groups excluding carboxylic acids is 2. The van der Waals surface area contributed by atoms with Gasteiger partial charge in [-0.1, -0.05) is 6.07 Å². The van der Waals surface area contributed by atoms with E-state index >= 15 is 0 Å². The average Bonchev–Trinajstić information content (AvgIpc) is 2.66. The maximum atomic E-state index is 13.1. The van der Waals surface area contributed by atoms with Crippen LogP contribution < -0.4 is 10.6 Å². The second kappa shape index (κ2) is 6.30. The number of amides is 2. The molecule has 2 amide bonds. The first-order valence-electron chi connectivity index (χ1n) is 8.06. The normalized spacial score (nSPS) is 14.4. The van der Waals surface area contributed by atoms with Crippen LogP contribution in [-0.2, 0) is 20.2 Å². The van der Waals surface area contributed by atoms with Crippen molar-refractivity contribution in [3.05, 3.63) is 53.7 Å². The van der Waals surface area contributed by atoms with E-state index < -0.39 is 47.5 Å². The summed E-state index contributed by atoms with van der Waals surface area (Å²) < 4.78 is 65.9. The minimum absolute atomic E-state index is 0.103. The van der Waals surface area contributed by atoms with Crippen LogP contribution in [0.25, 0.3) is 10.8 Å². The predicted molar refractivity (Wildman–Crippen MR) is 103 cm³/mol. The number of nitrogens with two attached hydrogens (primary N) is 1. The van der Waals surface area contributed by atoms with E-state index in [9.17, 15) is 35.5 Å². The van der Waals surface area contributed by atoms with Crippen molar-refractivity contribution in [1.29, 1.82) is 0 Å². The lowest BCUT2D eigenvalue weighted by Gasteiger charge is -2.27. The summed E-state index contributed by atoms with van der Waals surface area (Å²) in [4.78, 5) is 29.1. The van der Waals surface area contributed by atoms with E-state index in [2.05, 4.69) is 4.98 Å². The van der Waals surface area contributed by atoms with Crippen LogP contribution in [0.5, 0.6) is 0 Å². The second-order valence-corrected chi connectivity index (χ2v) is 9.12. The molecular weight excluding hydrogens is 438 g/mol. The first-order chi connectivity index (χ1) is 13.9. The molecule has 30 heavy (non-hydrogen) atoms. The van der Waals surface area contributed by atoms with Gasteiger partial charge >= 0.3 is 0 Å². The highest BCUT2D eigenvalue weighted by molar-refractivity contribution is 7.86. The Morgan fingerprint density at radius 2 is 1.53 bits per heavy atom. The summed E-state index contributed by atoms with van der Waals surface area (Å²) in [6.07, 6.45) is 1.31. The Morgan fingerprint density at radius 1 is 0.900 bits per heavy atom. The number of hydrogen-bond acceptors (Lipinski definition) is 8. The Labute approximate surface area is 169 Å². The minimum atomic E-state index is -4.92. The molecule has 0 fully saturated rings. The van der Waals surface area contributed by atoms with Gasteiger partial charge in [0.1, 0.15) is 10.7 Å². The van der Waals surface area contributed by atoms with E-state index in [4.69, 9.17) is 5.73 Å². The molecule has 11 nitrogen and oxygen atoms in total. The number of hydrogen-bond donors (Lipinski definition) is 3. The van der Waals surface area contributed by atoms with E-state index in [-0.39, 0.29) is 27.7 Å². The molecule has 1 aliphatic rings. The Balaban J connectivity index is 2.19. The third kappa shape index (κ3) is 2.91. The molecule has 3 aromatic rings. The van der Waals surface area contributed by atoms with Gasteiger partial charge in [0.2, 0.25) is 0 Å². The lowest BCUT2D eigenvalue weighted by molar-refractivity contribution is 0.0892. The molecule has 0 atom stereocenters. The molecule has 4 rings (SSSR count). The van der Waals surface area contributed by atoms with Crippen molar-refractivity contribution in [2.24, 2.45) is 0 Å². The zero-order valence-electron chi connectivity index (χ0n) is 14.7. The highest BCUT2D eigenvalue weighted by Gasteiger charge is 2.38. The van der Waals surface area contributed by atoms with Crippen molar-refractivity contribution >= 4 is 54.3 Å². The SMILES string of the molecule is Nc1c(S(=O)(=O)O)cc2c3c(cc(S(=O)(=O)O)cc13)C(=O)N(c1ccccn1)C2=O. The second-order valence-electron chi connectivity index (χ2n) is 6.31. The molecule has 1 aromatic heterocycles. The van der Waals surface area contributed by atoms with Crippen molar-refractivity contribution < 1.29 is 35.5 Å². The minimum Gasteiger partial charge on any atom is -0.397 e. The van der Waals surface area contributed by atoms with Gasteiger partial charge in [-0.25, -0.2) is 9.88 Å². The van der Waals surface area contributed by atoms with Crippen LogP contribution in [0.15, 0.2) is 52.4 Å². The van der Waals surface area contributed by atoms with E-state index in [1.807, 2.05) is 0 Å². The average molecular weight is 449 g/mol. The van der Waals surface area contributed by atoms with Gasteiger partial charge in [-0.05, 0) is 30.3 Å². The summed E-state index contributed by atoms with van der Waals surface area (Å²) in [6.45, 7) is 0. The van der Waals surface area contributed by atoms with Crippen LogP contribution in [0, 0.1) is 0 Å². The van der Waals surface area contributed by atoms with Crippen molar-refractivity contribution in [2.75, 3.05) is 10.6 Å². The maximum absolute atomic E-state index is 13.1. The lowest BCUT2D eigenvalue weighted by Crippen LogP contribution is -2.41. The molecule has 1 aliphatic heterocycles. The Kier molecular flexibility index (Phi) is 4.18. The third-order valence-corrected chi connectivity index (χ3v) is 6.26. The van der Waals surface area contributed by atoms with Gasteiger partial charge in [-0.2, -0.15) is 16.8 Å². The van der Waals surface area contributed by atoms with Gasteiger partial charge in [0.25, 0.3) is 32.1 Å². The van der Waals surface area contributed by atoms with Crippen molar-refractivity contribution in [3.63, 3.8) is 0 Å². The van der Waals surface area contributed by atoms with E-state index in [1.54, 1.807) is 0 Å². The monoisotopic (exact) mass is 449 g/mol. The van der Waals surface area contributed by atoms with Crippen molar-refractivity contribution in [1.82, 2.24) is 4.98 Å². The van der Waals surface area contributed by atoms with Crippen LogP contribution in [0.1, 0.15) is 20.7 Å². The Bertz CT molecular complexity index is 1460. The van der Waals surface area contributed by atoms with E-state index in [0.717, 1.165) is 18.2 Å². The Morgan fingerprint density at radius 3 is 2.07 bits per heavy atom. The predicted octanol–water partition coefficient (Wildman–Crippen LogP) is 1.11. The summed E-state index contributed by atoms with van der Waals surface area (Å²) in [5, 5.41) is -0.429. The standard InChI is InChI=1S/C17H11N3O8S2/c18-15-9-5-8(29(23,24)25)6-10-14(9)11(7-12(15)30(26,27)28)17(22)20(16(10)21)13-3-1-2-4-19-13/h1-7H,18H2,(H,23,24,25)(H,26,27,28). The number of rotatable bonds is 3. The van der Waals surface area contributed by atoms with Gasteiger partial charge in [-0.15, -0.1) is 0 Å². The number of benzene rings is 2. The molecule has 0 unspecified atom stereocenters. The molecular formula is C17H11N3O8S2. The first-order valence-corrected chi connectivity index (χ1v) is 10.9. The summed E-state index contributed by atoms with van der Waals surface area (Å²) in [5.74, 6) is -2.02. The number of nitrogen functional groups attached to an aromatic ring is 1. The largest absolute Gasteiger partial charge is 0.397 e. The molecule has 154 valence electrons. The lowest BCUT2D eigenvalue weighted by atomic mass is 9.93. The summed E-state index contributed by atoms with van der Waals surface area (Å²) in [7, 11) is -9.76. The topological polar surface area (TPSA) is 185 Å². The van der Waals surface area contributed by atoms with Crippen LogP contribution in [-0.4, -0.2) is 42.7 Å².